The van der Waals surface area contributed by atoms with Crippen molar-refractivity contribution in [3.8, 4) is 0 Å². The van der Waals surface area contributed by atoms with Crippen molar-refractivity contribution in [3.05, 3.63) is 35.1 Å². The second kappa shape index (κ2) is 3.06. The molecule has 3 rings (SSSR count). The summed E-state index contributed by atoms with van der Waals surface area (Å²) in [4.78, 5) is 11.8. The summed E-state index contributed by atoms with van der Waals surface area (Å²) in [7, 11) is 0. The molecular formula is C13H14FNO. The van der Waals surface area contributed by atoms with Gasteiger partial charge in [-0.1, -0.05) is 12.1 Å². The van der Waals surface area contributed by atoms with Crippen LogP contribution in [-0.4, -0.2) is 11.9 Å². The zero-order valence-corrected chi connectivity index (χ0v) is 9.22. The number of hydrogen-bond acceptors (Lipinski definition) is 1. The molecule has 2 fully saturated rings. The third kappa shape index (κ3) is 1.42. The van der Waals surface area contributed by atoms with E-state index in [-0.39, 0.29) is 11.5 Å². The molecule has 0 aliphatic heterocycles. The smallest absolute Gasteiger partial charge is 0.254 e. The molecule has 0 heterocycles. The Kier molecular flexibility index (Phi) is 1.88. The van der Waals surface area contributed by atoms with Crippen LogP contribution in [-0.2, 0) is 0 Å². The minimum atomic E-state index is -0.398. The van der Waals surface area contributed by atoms with Crippen molar-refractivity contribution in [2.75, 3.05) is 0 Å². The molecule has 1 atom stereocenters. The number of carbonyl (C=O) groups excluding carboxylic acids is 1. The van der Waals surface area contributed by atoms with E-state index in [1.54, 1.807) is 25.1 Å². The van der Waals surface area contributed by atoms with Crippen LogP contribution in [0.15, 0.2) is 18.2 Å². The maximum atomic E-state index is 13.7. The van der Waals surface area contributed by atoms with Gasteiger partial charge in [-0.05, 0) is 43.2 Å². The summed E-state index contributed by atoms with van der Waals surface area (Å²) in [5.74, 6) is -0.666. The summed E-state index contributed by atoms with van der Waals surface area (Å²) in [6.45, 7) is 1.67. The highest BCUT2D eigenvalue weighted by molar-refractivity contribution is 5.95. The van der Waals surface area contributed by atoms with E-state index >= 15 is 0 Å². The first-order valence-electron chi connectivity index (χ1n) is 5.68. The number of carbonyl (C=O) groups is 1. The molecule has 3 heteroatoms. The molecule has 0 saturated heterocycles. The van der Waals surface area contributed by atoms with Gasteiger partial charge in [0.25, 0.3) is 5.91 Å². The first-order valence-corrected chi connectivity index (χ1v) is 5.68. The Morgan fingerprint density at radius 1 is 1.50 bits per heavy atom. The molecule has 84 valence electrons. The third-order valence-corrected chi connectivity index (χ3v) is 3.82. The van der Waals surface area contributed by atoms with Gasteiger partial charge >= 0.3 is 0 Å². The summed E-state index contributed by atoms with van der Waals surface area (Å²) >= 11 is 0. The van der Waals surface area contributed by atoms with Gasteiger partial charge in [-0.15, -0.1) is 0 Å². The number of amides is 1. The van der Waals surface area contributed by atoms with Crippen LogP contribution < -0.4 is 5.32 Å². The molecule has 1 amide bonds. The van der Waals surface area contributed by atoms with Crippen LogP contribution in [0.25, 0.3) is 0 Å². The van der Waals surface area contributed by atoms with E-state index in [1.165, 1.54) is 12.8 Å². The van der Waals surface area contributed by atoms with Crippen molar-refractivity contribution >= 4 is 5.91 Å². The normalized spacial score (nSPS) is 24.2. The second-order valence-electron chi connectivity index (χ2n) is 5.03. The van der Waals surface area contributed by atoms with Gasteiger partial charge in [0.15, 0.2) is 0 Å². The Labute approximate surface area is 93.9 Å². The molecule has 1 N–H and O–H groups in total. The highest BCUT2D eigenvalue weighted by Crippen LogP contribution is 2.65. The topological polar surface area (TPSA) is 29.1 Å². The van der Waals surface area contributed by atoms with E-state index in [4.69, 9.17) is 0 Å². The second-order valence-corrected chi connectivity index (χ2v) is 5.03. The SMILES string of the molecule is Cc1cccc(C(=O)N[C@@H]2CC23CC3)c1F. The Morgan fingerprint density at radius 3 is 2.88 bits per heavy atom. The zero-order chi connectivity index (χ0) is 11.3. The van der Waals surface area contributed by atoms with Gasteiger partial charge < -0.3 is 5.32 Å². The summed E-state index contributed by atoms with van der Waals surface area (Å²) in [6, 6.07) is 5.22. The number of nitrogens with one attached hydrogen (secondary N) is 1. The van der Waals surface area contributed by atoms with Crippen LogP contribution in [0.5, 0.6) is 0 Å². The van der Waals surface area contributed by atoms with Gasteiger partial charge in [0.05, 0.1) is 5.56 Å². The van der Waals surface area contributed by atoms with Crippen molar-refractivity contribution in [1.29, 1.82) is 0 Å². The summed E-state index contributed by atoms with van der Waals surface area (Å²) in [6.07, 6.45) is 3.51. The first-order chi connectivity index (χ1) is 7.62. The van der Waals surface area contributed by atoms with Crippen LogP contribution in [0.1, 0.15) is 35.2 Å². The fourth-order valence-electron chi connectivity index (χ4n) is 2.32. The molecule has 0 aromatic heterocycles. The molecule has 2 aliphatic carbocycles. The Morgan fingerprint density at radius 2 is 2.25 bits per heavy atom. The zero-order valence-electron chi connectivity index (χ0n) is 9.22. The fraction of sp³-hybridized carbons (Fsp3) is 0.462. The lowest BCUT2D eigenvalue weighted by Gasteiger charge is -2.06. The standard InChI is InChI=1S/C13H14FNO/c1-8-3-2-4-9(11(8)14)12(16)15-10-7-13(10)5-6-13/h2-4,10H,5-7H2,1H3,(H,15,16)/t10-/m1/s1. The van der Waals surface area contributed by atoms with Crippen molar-refractivity contribution in [2.24, 2.45) is 5.41 Å². The Balaban J connectivity index is 1.76. The number of rotatable bonds is 2. The van der Waals surface area contributed by atoms with E-state index in [9.17, 15) is 9.18 Å². The van der Waals surface area contributed by atoms with Gasteiger partial charge in [0.2, 0.25) is 0 Å². The van der Waals surface area contributed by atoms with Gasteiger partial charge in [0.1, 0.15) is 5.82 Å². The molecular weight excluding hydrogens is 205 g/mol. The van der Waals surface area contributed by atoms with Crippen molar-refractivity contribution in [2.45, 2.75) is 32.2 Å². The predicted molar refractivity (Wildman–Crippen MR) is 58.7 cm³/mol. The highest BCUT2D eigenvalue weighted by atomic mass is 19.1. The van der Waals surface area contributed by atoms with Crippen LogP contribution in [0.4, 0.5) is 4.39 Å². The quantitative estimate of drug-likeness (QED) is 0.813. The molecule has 0 unspecified atom stereocenters. The predicted octanol–water partition coefficient (Wildman–Crippen LogP) is 2.42. The third-order valence-electron chi connectivity index (χ3n) is 3.82. The van der Waals surface area contributed by atoms with E-state index < -0.39 is 5.82 Å². The largest absolute Gasteiger partial charge is 0.349 e. The molecule has 2 saturated carbocycles. The van der Waals surface area contributed by atoms with E-state index in [0.29, 0.717) is 17.0 Å². The van der Waals surface area contributed by atoms with E-state index in [0.717, 1.165) is 6.42 Å². The van der Waals surface area contributed by atoms with Crippen molar-refractivity contribution < 1.29 is 9.18 Å². The lowest BCUT2D eigenvalue weighted by atomic mass is 10.1. The van der Waals surface area contributed by atoms with Crippen LogP contribution >= 0.6 is 0 Å². The molecule has 0 radical (unpaired) electrons. The Hall–Kier alpha value is -1.38. The molecule has 1 spiro atoms. The maximum absolute atomic E-state index is 13.7. The van der Waals surface area contributed by atoms with E-state index in [1.807, 2.05) is 0 Å². The van der Waals surface area contributed by atoms with Crippen LogP contribution in [0, 0.1) is 18.2 Å². The first kappa shape index (κ1) is 9.82. The highest BCUT2D eigenvalue weighted by Gasteiger charge is 2.63. The van der Waals surface area contributed by atoms with Crippen LogP contribution in [0.2, 0.25) is 0 Å². The lowest BCUT2D eigenvalue weighted by molar-refractivity contribution is 0.0944. The minimum absolute atomic E-state index is 0.169. The minimum Gasteiger partial charge on any atom is -0.349 e. The van der Waals surface area contributed by atoms with Gasteiger partial charge in [-0.3, -0.25) is 4.79 Å². The van der Waals surface area contributed by atoms with Gasteiger partial charge in [-0.2, -0.15) is 0 Å². The molecule has 0 bridgehead atoms. The molecule has 1 aromatic carbocycles. The number of halogens is 1. The number of aryl methyl sites for hydroxylation is 1. The molecule has 16 heavy (non-hydrogen) atoms. The summed E-state index contributed by atoms with van der Waals surface area (Å²) in [5, 5.41) is 2.91. The monoisotopic (exact) mass is 219 g/mol. The summed E-state index contributed by atoms with van der Waals surface area (Å²) in [5.41, 5.74) is 1.10. The van der Waals surface area contributed by atoms with Crippen molar-refractivity contribution in [1.82, 2.24) is 5.32 Å². The van der Waals surface area contributed by atoms with Crippen LogP contribution in [0.3, 0.4) is 0 Å². The number of benzene rings is 1. The average molecular weight is 219 g/mol. The fourth-order valence-corrected chi connectivity index (χ4v) is 2.32. The summed E-state index contributed by atoms with van der Waals surface area (Å²) < 4.78 is 13.7. The molecule has 1 aromatic rings. The molecule has 2 nitrogen and oxygen atoms in total. The van der Waals surface area contributed by atoms with E-state index in [2.05, 4.69) is 5.32 Å². The van der Waals surface area contributed by atoms with Crippen molar-refractivity contribution in [3.63, 3.8) is 0 Å². The average Bonchev–Trinajstić information content (AvgIpc) is 3.14. The Bertz CT molecular complexity index is 465. The number of hydrogen-bond donors (Lipinski definition) is 1. The van der Waals surface area contributed by atoms with Gasteiger partial charge in [-0.25, -0.2) is 4.39 Å². The maximum Gasteiger partial charge on any atom is 0.254 e. The van der Waals surface area contributed by atoms with Gasteiger partial charge in [0, 0.05) is 6.04 Å². The lowest BCUT2D eigenvalue weighted by Crippen LogP contribution is -2.28. The molecule has 2 aliphatic rings.